The third kappa shape index (κ3) is 9.80. The molecule has 0 aliphatic heterocycles. The van der Waals surface area contributed by atoms with Crippen molar-refractivity contribution in [1.82, 2.24) is 0 Å². The Morgan fingerprint density at radius 1 is 0.369 bits per heavy atom. The first-order chi connectivity index (χ1) is 32.0. The molecule has 0 spiro atoms. The number of hydrogen-bond donors (Lipinski definition) is 0. The molecule has 8 aromatic carbocycles. The van der Waals surface area contributed by atoms with Gasteiger partial charge in [-0.25, -0.2) is 0 Å². The number of rotatable bonds is 17. The Hall–Kier alpha value is -8.42. The summed E-state index contributed by atoms with van der Waals surface area (Å²) in [5.74, 6) is 2.36. The predicted molar refractivity (Wildman–Crippen MR) is 272 cm³/mol. The van der Waals surface area contributed by atoms with Gasteiger partial charge in [-0.3, -0.25) is 0 Å². The smallest absolute Gasteiger partial charge is 0.120 e. The van der Waals surface area contributed by atoms with Gasteiger partial charge in [0.2, 0.25) is 0 Å². The van der Waals surface area contributed by atoms with Gasteiger partial charge in [0.25, 0.3) is 0 Å². The zero-order valence-corrected chi connectivity index (χ0v) is 37.2. The zero-order valence-electron chi connectivity index (χ0n) is 37.2. The number of anilines is 11. The van der Waals surface area contributed by atoms with Gasteiger partial charge >= 0.3 is 0 Å². The van der Waals surface area contributed by atoms with Gasteiger partial charge in [-0.05, 0) is 146 Å². The van der Waals surface area contributed by atoms with Crippen molar-refractivity contribution in [2.24, 2.45) is 0 Å². The summed E-state index contributed by atoms with van der Waals surface area (Å²) in [4.78, 5) is 8.99. The highest BCUT2D eigenvalue weighted by atomic mass is 16.5. The molecule has 0 radical (unpaired) electrons. The van der Waals surface area contributed by atoms with Gasteiger partial charge in [0.05, 0.1) is 21.3 Å². The first-order valence-electron chi connectivity index (χ1n) is 21.5. The van der Waals surface area contributed by atoms with Crippen molar-refractivity contribution in [2.45, 2.75) is 6.92 Å². The highest BCUT2D eigenvalue weighted by molar-refractivity contribution is 5.84. The fourth-order valence-corrected chi connectivity index (χ4v) is 7.91. The molecule has 65 heavy (non-hydrogen) atoms. The van der Waals surface area contributed by atoms with Gasteiger partial charge in [-0.2, -0.15) is 0 Å². The van der Waals surface area contributed by atoms with E-state index < -0.39 is 0 Å². The van der Waals surface area contributed by atoms with Gasteiger partial charge in [-0.1, -0.05) is 79.4 Å². The molecule has 0 atom stereocenters. The van der Waals surface area contributed by atoms with Crippen molar-refractivity contribution < 1.29 is 14.2 Å². The highest BCUT2D eigenvalue weighted by Gasteiger charge is 2.20. The lowest BCUT2D eigenvalue weighted by Gasteiger charge is -2.30. The fourth-order valence-electron chi connectivity index (χ4n) is 7.91. The molecule has 0 heterocycles. The lowest BCUT2D eigenvalue weighted by molar-refractivity contribution is 0.415. The summed E-state index contributed by atoms with van der Waals surface area (Å²) >= 11 is 0. The Balaban J connectivity index is 1.23. The highest BCUT2D eigenvalue weighted by Crippen LogP contribution is 2.43. The molecule has 0 aromatic heterocycles. The standard InChI is InChI=1S/C58H52N4O3/c1-6-8-18-44(7-2)59(53-23-15-26-56(41-53)63-3)47-29-31-48(32-30-47)60(49-33-37-51(38-34-49)61(45-19-11-9-12-20-45)54-24-16-27-57(42-54)64-4)50-35-39-52(40-36-50)62(46-21-13-10-14-22-46)55-25-17-28-58(43-55)65-5/h6-43H,1H2,2-5H3/b18-8-,44-7+. The van der Waals surface area contributed by atoms with Gasteiger partial charge < -0.3 is 33.8 Å². The van der Waals surface area contributed by atoms with Crippen LogP contribution in [-0.2, 0) is 0 Å². The molecule has 0 fully saturated rings. The molecule has 0 saturated heterocycles. The van der Waals surface area contributed by atoms with Crippen LogP contribution in [-0.4, -0.2) is 21.3 Å². The van der Waals surface area contributed by atoms with E-state index in [1.807, 2.05) is 67.6 Å². The van der Waals surface area contributed by atoms with Crippen molar-refractivity contribution in [3.63, 3.8) is 0 Å². The van der Waals surface area contributed by atoms with E-state index in [4.69, 9.17) is 14.2 Å². The molecule has 0 unspecified atom stereocenters. The Morgan fingerprint density at radius 2 is 0.677 bits per heavy atom. The summed E-state index contributed by atoms with van der Waals surface area (Å²) < 4.78 is 16.9. The SMILES string of the molecule is C=C/C=C\C(=C/C)N(c1ccc(N(c2ccc(N(c3ccccc3)c3cccc(OC)c3)cc2)c2ccc(N(c3ccccc3)c3cccc(OC)c3)cc2)cc1)c1cccc(OC)c1. The van der Waals surface area contributed by atoms with Crippen LogP contribution in [0.4, 0.5) is 62.6 Å². The summed E-state index contributed by atoms with van der Waals surface area (Å²) in [5, 5.41) is 0. The van der Waals surface area contributed by atoms with Crippen molar-refractivity contribution in [3.05, 3.63) is 243 Å². The largest absolute Gasteiger partial charge is 0.497 e. The lowest BCUT2D eigenvalue weighted by atomic mass is 10.1. The molecule has 8 aromatic rings. The number of para-hydroxylation sites is 2. The summed E-state index contributed by atoms with van der Waals surface area (Å²) in [6.07, 6.45) is 7.89. The normalized spacial score (nSPS) is 11.2. The molecular formula is C58H52N4O3. The van der Waals surface area contributed by atoms with Gasteiger partial charge in [0.15, 0.2) is 0 Å². The van der Waals surface area contributed by atoms with E-state index >= 15 is 0 Å². The van der Waals surface area contributed by atoms with Crippen LogP contribution in [0, 0.1) is 0 Å². The first-order valence-corrected chi connectivity index (χ1v) is 21.5. The maximum atomic E-state index is 5.65. The summed E-state index contributed by atoms with van der Waals surface area (Å²) in [6, 6.07) is 71.3. The summed E-state index contributed by atoms with van der Waals surface area (Å²) in [7, 11) is 5.08. The average Bonchev–Trinajstić information content (AvgIpc) is 3.37. The van der Waals surface area contributed by atoms with Gasteiger partial charge in [-0.15, -0.1) is 0 Å². The molecule has 0 bridgehead atoms. The van der Waals surface area contributed by atoms with Crippen molar-refractivity contribution >= 4 is 62.6 Å². The van der Waals surface area contributed by atoms with E-state index in [2.05, 4.69) is 190 Å². The fraction of sp³-hybridized carbons (Fsp3) is 0.0690. The molecule has 0 aliphatic carbocycles. The zero-order chi connectivity index (χ0) is 45.0. The second-order valence-electron chi connectivity index (χ2n) is 15.0. The van der Waals surface area contributed by atoms with Crippen LogP contribution >= 0.6 is 0 Å². The van der Waals surface area contributed by atoms with Crippen molar-refractivity contribution in [2.75, 3.05) is 40.9 Å². The first kappa shape index (κ1) is 43.2. The van der Waals surface area contributed by atoms with E-state index in [0.29, 0.717) is 0 Å². The minimum absolute atomic E-state index is 0.778. The molecule has 7 nitrogen and oxygen atoms in total. The number of nitrogens with zero attached hydrogens (tertiary/aromatic N) is 4. The topological polar surface area (TPSA) is 40.7 Å². The third-order valence-corrected chi connectivity index (χ3v) is 11.0. The summed E-state index contributed by atoms with van der Waals surface area (Å²) in [5.41, 5.74) is 12.0. The Morgan fingerprint density at radius 3 is 1.03 bits per heavy atom. The van der Waals surface area contributed by atoms with Crippen LogP contribution in [0.5, 0.6) is 17.2 Å². The van der Waals surface area contributed by atoms with E-state index in [1.165, 1.54) is 0 Å². The minimum atomic E-state index is 0.778. The molecule has 322 valence electrons. The molecular weight excluding hydrogens is 801 g/mol. The van der Waals surface area contributed by atoms with E-state index in [1.54, 1.807) is 27.4 Å². The van der Waals surface area contributed by atoms with Gasteiger partial charge in [0, 0.05) is 86.5 Å². The summed E-state index contributed by atoms with van der Waals surface area (Å²) in [6.45, 7) is 5.96. The molecule has 8 rings (SSSR count). The second kappa shape index (κ2) is 20.6. The monoisotopic (exact) mass is 852 g/mol. The lowest BCUT2D eigenvalue weighted by Crippen LogP contribution is -2.16. The Kier molecular flexibility index (Phi) is 13.7. The number of hydrogen-bond acceptors (Lipinski definition) is 7. The van der Waals surface area contributed by atoms with Gasteiger partial charge in [0.1, 0.15) is 17.2 Å². The number of benzene rings is 8. The van der Waals surface area contributed by atoms with Crippen LogP contribution in [0.25, 0.3) is 0 Å². The maximum Gasteiger partial charge on any atom is 0.120 e. The number of methoxy groups -OCH3 is 3. The molecule has 0 saturated carbocycles. The molecule has 0 N–H and O–H groups in total. The Bertz CT molecular complexity index is 2730. The van der Waals surface area contributed by atoms with Crippen LogP contribution in [0.3, 0.4) is 0 Å². The molecule has 0 aliphatic rings. The van der Waals surface area contributed by atoms with Crippen LogP contribution in [0.15, 0.2) is 243 Å². The van der Waals surface area contributed by atoms with Crippen LogP contribution in [0.1, 0.15) is 6.92 Å². The van der Waals surface area contributed by atoms with Crippen LogP contribution in [0.2, 0.25) is 0 Å². The van der Waals surface area contributed by atoms with E-state index in [0.717, 1.165) is 85.5 Å². The number of allylic oxidation sites excluding steroid dienone is 4. The molecule has 0 amide bonds. The van der Waals surface area contributed by atoms with Crippen molar-refractivity contribution in [3.8, 4) is 17.2 Å². The Labute approximate surface area is 383 Å². The second-order valence-corrected chi connectivity index (χ2v) is 15.0. The van der Waals surface area contributed by atoms with Crippen LogP contribution < -0.4 is 33.8 Å². The maximum absolute atomic E-state index is 5.65. The third-order valence-electron chi connectivity index (χ3n) is 11.0. The van der Waals surface area contributed by atoms with Crippen molar-refractivity contribution in [1.29, 1.82) is 0 Å². The van der Waals surface area contributed by atoms with E-state index in [9.17, 15) is 0 Å². The average molecular weight is 853 g/mol. The predicted octanol–water partition coefficient (Wildman–Crippen LogP) is 15.9. The minimum Gasteiger partial charge on any atom is -0.497 e. The van der Waals surface area contributed by atoms with E-state index in [-0.39, 0.29) is 0 Å². The quantitative estimate of drug-likeness (QED) is 0.0845. The number of ether oxygens (including phenoxy) is 3. The molecule has 7 heteroatoms.